The Morgan fingerprint density at radius 2 is 2.16 bits per heavy atom. The molecule has 0 spiro atoms. The predicted octanol–water partition coefficient (Wildman–Crippen LogP) is 4.44. The molecule has 2 N–H and O–H groups in total. The molecule has 0 aliphatic heterocycles. The Morgan fingerprint density at radius 3 is 2.95 bits per heavy atom. The number of furan rings is 1. The molecular weight excluding hydrogens is 254 g/mol. The highest BCUT2D eigenvalue weighted by Crippen LogP contribution is 2.26. The highest BCUT2D eigenvalue weighted by atomic mass is 32.1. The maximum Gasteiger partial charge on any atom is 0.134 e. The van der Waals surface area contributed by atoms with Gasteiger partial charge in [-0.1, -0.05) is 17.7 Å². The third kappa shape index (κ3) is 2.72. The van der Waals surface area contributed by atoms with Crippen molar-refractivity contribution in [2.45, 2.75) is 25.8 Å². The molecule has 19 heavy (non-hydrogen) atoms. The summed E-state index contributed by atoms with van der Waals surface area (Å²) in [6, 6.07) is 12.5. The number of nitrogens with two attached hydrogens (primary N) is 1. The molecule has 1 unspecified atom stereocenters. The van der Waals surface area contributed by atoms with Crippen LogP contribution in [0.25, 0.3) is 11.0 Å². The maximum absolute atomic E-state index is 6.22. The van der Waals surface area contributed by atoms with Gasteiger partial charge in [-0.2, -0.15) is 0 Å². The van der Waals surface area contributed by atoms with Crippen LogP contribution in [0.2, 0.25) is 0 Å². The second-order valence-corrected chi connectivity index (χ2v) is 5.95. The molecule has 98 valence electrons. The quantitative estimate of drug-likeness (QED) is 0.762. The van der Waals surface area contributed by atoms with Crippen molar-refractivity contribution in [3.05, 3.63) is 58.0 Å². The Labute approximate surface area is 116 Å². The Hall–Kier alpha value is -1.58. The molecule has 3 heteroatoms. The monoisotopic (exact) mass is 271 g/mol. The third-order valence-electron chi connectivity index (χ3n) is 3.34. The highest BCUT2D eigenvalue weighted by Gasteiger charge is 2.12. The standard InChI is InChI=1S/C16H17NOS/c1-11-4-7-15-12(9-11)10-16(18-15)14(17)6-5-13-3-2-8-19-13/h2-4,7-10,14H,5-6,17H2,1H3. The van der Waals surface area contributed by atoms with E-state index in [4.69, 9.17) is 10.2 Å². The fourth-order valence-corrected chi connectivity index (χ4v) is 2.99. The molecule has 0 saturated carbocycles. The van der Waals surface area contributed by atoms with Gasteiger partial charge >= 0.3 is 0 Å². The fourth-order valence-electron chi connectivity index (χ4n) is 2.26. The molecule has 0 bridgehead atoms. The van der Waals surface area contributed by atoms with Crippen LogP contribution in [0.1, 0.15) is 28.7 Å². The molecule has 0 saturated heterocycles. The maximum atomic E-state index is 6.22. The van der Waals surface area contributed by atoms with Crippen LogP contribution in [-0.4, -0.2) is 0 Å². The summed E-state index contributed by atoms with van der Waals surface area (Å²) in [6.45, 7) is 2.09. The first-order valence-electron chi connectivity index (χ1n) is 6.50. The molecular formula is C16H17NOS. The normalized spacial score (nSPS) is 12.9. The number of hydrogen-bond acceptors (Lipinski definition) is 3. The topological polar surface area (TPSA) is 39.2 Å². The van der Waals surface area contributed by atoms with Gasteiger partial charge in [-0.25, -0.2) is 0 Å². The van der Waals surface area contributed by atoms with Crippen molar-refractivity contribution in [3.8, 4) is 0 Å². The van der Waals surface area contributed by atoms with Gasteiger partial charge in [0.2, 0.25) is 0 Å². The van der Waals surface area contributed by atoms with Crippen LogP contribution in [0, 0.1) is 6.92 Å². The summed E-state index contributed by atoms with van der Waals surface area (Å²) in [5.74, 6) is 0.886. The molecule has 0 radical (unpaired) electrons. The van der Waals surface area contributed by atoms with Crippen molar-refractivity contribution in [2.75, 3.05) is 0 Å². The summed E-state index contributed by atoms with van der Waals surface area (Å²) in [6.07, 6.45) is 1.92. The molecule has 3 rings (SSSR count). The SMILES string of the molecule is Cc1ccc2oc(C(N)CCc3cccs3)cc2c1. The molecule has 0 fully saturated rings. The zero-order chi connectivity index (χ0) is 13.2. The summed E-state index contributed by atoms with van der Waals surface area (Å²) < 4.78 is 5.83. The first-order chi connectivity index (χ1) is 9.22. The lowest BCUT2D eigenvalue weighted by Crippen LogP contribution is -2.09. The third-order valence-corrected chi connectivity index (χ3v) is 4.27. The van der Waals surface area contributed by atoms with E-state index in [1.165, 1.54) is 10.4 Å². The highest BCUT2D eigenvalue weighted by molar-refractivity contribution is 7.09. The predicted molar refractivity (Wildman–Crippen MR) is 80.5 cm³/mol. The average Bonchev–Trinajstić information content (AvgIpc) is 3.04. The van der Waals surface area contributed by atoms with Crippen LogP contribution in [-0.2, 0) is 6.42 Å². The van der Waals surface area contributed by atoms with Crippen LogP contribution in [0.4, 0.5) is 0 Å². The zero-order valence-corrected chi connectivity index (χ0v) is 11.7. The van der Waals surface area contributed by atoms with Crippen LogP contribution in [0.3, 0.4) is 0 Å². The molecule has 2 aromatic heterocycles. The van der Waals surface area contributed by atoms with Crippen LogP contribution >= 0.6 is 11.3 Å². The largest absolute Gasteiger partial charge is 0.459 e. The van der Waals surface area contributed by atoms with Crippen molar-refractivity contribution in [1.29, 1.82) is 0 Å². The van der Waals surface area contributed by atoms with Crippen molar-refractivity contribution < 1.29 is 4.42 Å². The smallest absolute Gasteiger partial charge is 0.134 e. The van der Waals surface area contributed by atoms with E-state index in [1.54, 1.807) is 11.3 Å². The molecule has 1 aromatic carbocycles. The molecule has 0 aliphatic rings. The van der Waals surface area contributed by atoms with E-state index in [2.05, 4.69) is 42.6 Å². The molecule has 0 amide bonds. The number of fused-ring (bicyclic) bond motifs is 1. The number of aryl methyl sites for hydroxylation is 2. The minimum atomic E-state index is -0.0326. The summed E-state index contributed by atoms with van der Waals surface area (Å²) in [5, 5.41) is 3.24. The second-order valence-electron chi connectivity index (χ2n) is 4.91. The molecule has 0 aliphatic carbocycles. The van der Waals surface area contributed by atoms with Crippen LogP contribution in [0.15, 0.2) is 46.2 Å². The van der Waals surface area contributed by atoms with E-state index in [1.807, 2.05) is 6.07 Å². The minimum absolute atomic E-state index is 0.0326. The van der Waals surface area contributed by atoms with Gasteiger partial charge in [0.05, 0.1) is 6.04 Å². The van der Waals surface area contributed by atoms with Gasteiger partial charge in [0, 0.05) is 10.3 Å². The first-order valence-corrected chi connectivity index (χ1v) is 7.38. The lowest BCUT2D eigenvalue weighted by Gasteiger charge is -2.06. The van der Waals surface area contributed by atoms with Crippen LogP contribution in [0.5, 0.6) is 0 Å². The zero-order valence-electron chi connectivity index (χ0n) is 10.9. The first kappa shape index (κ1) is 12.5. The number of rotatable bonds is 4. The lowest BCUT2D eigenvalue weighted by molar-refractivity contribution is 0.479. The van der Waals surface area contributed by atoms with Crippen LogP contribution < -0.4 is 5.73 Å². The number of benzene rings is 1. The summed E-state index contributed by atoms with van der Waals surface area (Å²) in [7, 11) is 0. The van der Waals surface area contributed by atoms with Gasteiger partial charge in [0.25, 0.3) is 0 Å². The molecule has 1 atom stereocenters. The summed E-state index contributed by atoms with van der Waals surface area (Å²) in [5.41, 5.74) is 8.39. The van der Waals surface area contributed by atoms with Gasteiger partial charge in [-0.15, -0.1) is 11.3 Å². The van der Waals surface area contributed by atoms with Gasteiger partial charge in [0.15, 0.2) is 0 Å². The molecule has 2 nitrogen and oxygen atoms in total. The second kappa shape index (κ2) is 5.19. The van der Waals surface area contributed by atoms with E-state index >= 15 is 0 Å². The fraction of sp³-hybridized carbons (Fsp3) is 0.250. The minimum Gasteiger partial charge on any atom is -0.459 e. The van der Waals surface area contributed by atoms with Crippen molar-refractivity contribution in [3.63, 3.8) is 0 Å². The van der Waals surface area contributed by atoms with E-state index in [9.17, 15) is 0 Å². The van der Waals surface area contributed by atoms with Gasteiger partial charge < -0.3 is 10.2 Å². The van der Waals surface area contributed by atoms with Crippen molar-refractivity contribution in [2.24, 2.45) is 5.73 Å². The molecule has 2 heterocycles. The lowest BCUT2D eigenvalue weighted by atomic mass is 10.1. The van der Waals surface area contributed by atoms with E-state index in [0.717, 1.165) is 29.6 Å². The van der Waals surface area contributed by atoms with Gasteiger partial charge in [0.1, 0.15) is 11.3 Å². The number of hydrogen-bond donors (Lipinski definition) is 1. The van der Waals surface area contributed by atoms with Crippen molar-refractivity contribution in [1.82, 2.24) is 0 Å². The summed E-state index contributed by atoms with van der Waals surface area (Å²) >= 11 is 1.78. The number of thiophene rings is 1. The van der Waals surface area contributed by atoms with E-state index < -0.39 is 0 Å². The van der Waals surface area contributed by atoms with Crippen molar-refractivity contribution >= 4 is 22.3 Å². The van der Waals surface area contributed by atoms with E-state index in [0.29, 0.717) is 0 Å². The Bertz CT molecular complexity index is 669. The average molecular weight is 271 g/mol. The molecule has 3 aromatic rings. The Balaban J connectivity index is 1.75. The van der Waals surface area contributed by atoms with Gasteiger partial charge in [-0.3, -0.25) is 0 Å². The van der Waals surface area contributed by atoms with E-state index in [-0.39, 0.29) is 6.04 Å². The Morgan fingerprint density at radius 1 is 1.26 bits per heavy atom. The summed E-state index contributed by atoms with van der Waals surface area (Å²) in [4.78, 5) is 1.38. The Kier molecular flexibility index (Phi) is 3.40. The van der Waals surface area contributed by atoms with Gasteiger partial charge in [-0.05, 0) is 49.4 Å².